The lowest BCUT2D eigenvalue weighted by atomic mass is 10.2. The van der Waals surface area contributed by atoms with Gasteiger partial charge in [-0.3, -0.25) is 4.21 Å². The molecule has 1 aromatic carbocycles. The third-order valence-electron chi connectivity index (χ3n) is 3.31. The highest BCUT2D eigenvalue weighted by Gasteiger charge is 2.17. The van der Waals surface area contributed by atoms with E-state index >= 15 is 0 Å². The van der Waals surface area contributed by atoms with Gasteiger partial charge in [-0.1, -0.05) is 12.1 Å². The molecule has 2 unspecified atom stereocenters. The topological polar surface area (TPSA) is 61.5 Å². The highest BCUT2D eigenvalue weighted by atomic mass is 32.2. The molecule has 2 rings (SSSR count). The first-order valence-corrected chi connectivity index (χ1v) is 8.65. The molecule has 5 heteroatoms. The van der Waals surface area contributed by atoms with Gasteiger partial charge in [0.05, 0.1) is 12.7 Å². The van der Waals surface area contributed by atoms with Gasteiger partial charge in [0.25, 0.3) is 0 Å². The Morgan fingerprint density at radius 1 is 1.45 bits per heavy atom. The molecular weight excluding hydrogens is 274 g/mol. The molecule has 4 nitrogen and oxygen atoms in total. The van der Waals surface area contributed by atoms with E-state index in [4.69, 9.17) is 15.2 Å². The van der Waals surface area contributed by atoms with Crippen molar-refractivity contribution >= 4 is 10.8 Å². The van der Waals surface area contributed by atoms with Crippen LogP contribution < -0.4 is 10.5 Å². The lowest BCUT2D eigenvalue weighted by Gasteiger charge is -2.10. The Hall–Kier alpha value is -0.910. The molecule has 20 heavy (non-hydrogen) atoms. The molecule has 0 aliphatic carbocycles. The van der Waals surface area contributed by atoms with Gasteiger partial charge in [0, 0.05) is 35.5 Å². The predicted octanol–water partition coefficient (Wildman–Crippen LogP) is 1.84. The smallest absolute Gasteiger partial charge is 0.119 e. The van der Waals surface area contributed by atoms with Gasteiger partial charge in [-0.15, -0.1) is 0 Å². The molecule has 0 spiro atoms. The average molecular weight is 297 g/mol. The van der Waals surface area contributed by atoms with Crippen LogP contribution in [0.25, 0.3) is 0 Å². The normalized spacial score (nSPS) is 19.9. The van der Waals surface area contributed by atoms with E-state index in [1.165, 1.54) is 0 Å². The minimum atomic E-state index is -0.799. The molecule has 1 heterocycles. The Balaban J connectivity index is 1.61. The molecule has 1 saturated heterocycles. The summed E-state index contributed by atoms with van der Waals surface area (Å²) in [5.41, 5.74) is 6.64. The van der Waals surface area contributed by atoms with Gasteiger partial charge in [0.2, 0.25) is 0 Å². The van der Waals surface area contributed by atoms with E-state index in [0.717, 1.165) is 37.2 Å². The summed E-state index contributed by atoms with van der Waals surface area (Å²) >= 11 is 0. The summed E-state index contributed by atoms with van der Waals surface area (Å²) in [6.45, 7) is 1.93. The fourth-order valence-corrected chi connectivity index (χ4v) is 3.52. The van der Waals surface area contributed by atoms with E-state index < -0.39 is 10.8 Å². The Morgan fingerprint density at radius 3 is 3.10 bits per heavy atom. The standard InChI is InChI=1S/C15H23NO3S/c16-11-13-4-1-5-14(10-13)18-8-3-9-20(17)12-15-6-2-7-19-15/h1,4-5,10,15H,2-3,6-9,11-12,16H2. The van der Waals surface area contributed by atoms with Crippen molar-refractivity contribution < 1.29 is 13.7 Å². The average Bonchev–Trinajstić information content (AvgIpc) is 2.97. The SMILES string of the molecule is NCc1cccc(OCCCS(=O)CC2CCCO2)c1. The summed E-state index contributed by atoms with van der Waals surface area (Å²) in [7, 11) is -0.799. The largest absolute Gasteiger partial charge is 0.494 e. The van der Waals surface area contributed by atoms with Crippen LogP contribution in [0.4, 0.5) is 0 Å². The van der Waals surface area contributed by atoms with E-state index in [9.17, 15) is 4.21 Å². The number of hydrogen-bond donors (Lipinski definition) is 1. The Labute approximate surface area is 123 Å². The molecule has 1 aromatic rings. The van der Waals surface area contributed by atoms with Crippen molar-refractivity contribution in [3.05, 3.63) is 29.8 Å². The van der Waals surface area contributed by atoms with Crippen LogP contribution in [0.15, 0.2) is 24.3 Å². The fourth-order valence-electron chi connectivity index (χ4n) is 2.24. The third-order valence-corrected chi connectivity index (χ3v) is 4.80. The predicted molar refractivity (Wildman–Crippen MR) is 81.3 cm³/mol. The maximum atomic E-state index is 11.9. The Morgan fingerprint density at radius 2 is 2.35 bits per heavy atom. The monoisotopic (exact) mass is 297 g/mol. The third kappa shape index (κ3) is 5.23. The molecule has 2 atom stereocenters. The second kappa shape index (κ2) is 8.39. The first kappa shape index (κ1) is 15.5. The molecule has 0 aromatic heterocycles. The van der Waals surface area contributed by atoms with Gasteiger partial charge in [-0.05, 0) is 37.0 Å². The molecule has 1 aliphatic rings. The van der Waals surface area contributed by atoms with Crippen LogP contribution >= 0.6 is 0 Å². The first-order valence-electron chi connectivity index (χ1n) is 7.16. The minimum absolute atomic E-state index is 0.206. The van der Waals surface area contributed by atoms with Crippen molar-refractivity contribution in [2.24, 2.45) is 5.73 Å². The summed E-state index contributed by atoms with van der Waals surface area (Å²) in [4.78, 5) is 0. The van der Waals surface area contributed by atoms with E-state index in [1.807, 2.05) is 24.3 Å². The summed E-state index contributed by atoms with van der Waals surface area (Å²) < 4.78 is 23.0. The van der Waals surface area contributed by atoms with Gasteiger partial charge in [-0.25, -0.2) is 0 Å². The molecule has 1 aliphatic heterocycles. The van der Waals surface area contributed by atoms with Crippen molar-refractivity contribution in [3.63, 3.8) is 0 Å². The molecule has 0 bridgehead atoms. The van der Waals surface area contributed by atoms with E-state index in [2.05, 4.69) is 0 Å². The summed E-state index contributed by atoms with van der Waals surface area (Å²) in [5.74, 6) is 2.18. The zero-order valence-corrected chi connectivity index (χ0v) is 12.6. The van der Waals surface area contributed by atoms with E-state index in [-0.39, 0.29) is 6.10 Å². The fraction of sp³-hybridized carbons (Fsp3) is 0.600. The number of ether oxygens (including phenoxy) is 2. The van der Waals surface area contributed by atoms with Gasteiger partial charge >= 0.3 is 0 Å². The van der Waals surface area contributed by atoms with Crippen LogP contribution in [-0.4, -0.2) is 35.0 Å². The van der Waals surface area contributed by atoms with Crippen molar-refractivity contribution in [2.75, 3.05) is 24.7 Å². The second-order valence-corrected chi connectivity index (χ2v) is 6.62. The lowest BCUT2D eigenvalue weighted by molar-refractivity contribution is 0.128. The molecule has 112 valence electrons. The van der Waals surface area contributed by atoms with Crippen molar-refractivity contribution in [3.8, 4) is 5.75 Å². The minimum Gasteiger partial charge on any atom is -0.494 e. The van der Waals surface area contributed by atoms with E-state index in [0.29, 0.717) is 24.7 Å². The van der Waals surface area contributed by atoms with Gasteiger partial charge in [0.15, 0.2) is 0 Å². The first-order chi connectivity index (χ1) is 9.78. The number of hydrogen-bond acceptors (Lipinski definition) is 4. The van der Waals surface area contributed by atoms with Crippen LogP contribution in [0.1, 0.15) is 24.8 Å². The van der Waals surface area contributed by atoms with Crippen molar-refractivity contribution in [2.45, 2.75) is 31.9 Å². The highest BCUT2D eigenvalue weighted by Crippen LogP contribution is 2.14. The van der Waals surface area contributed by atoms with Crippen LogP contribution in [0.3, 0.4) is 0 Å². The zero-order valence-electron chi connectivity index (χ0n) is 11.8. The maximum absolute atomic E-state index is 11.9. The summed E-state index contributed by atoms with van der Waals surface area (Å²) in [5, 5.41) is 0. The highest BCUT2D eigenvalue weighted by molar-refractivity contribution is 7.85. The van der Waals surface area contributed by atoms with Gasteiger partial charge in [-0.2, -0.15) is 0 Å². The van der Waals surface area contributed by atoms with Crippen LogP contribution in [0.2, 0.25) is 0 Å². The van der Waals surface area contributed by atoms with Gasteiger partial charge in [0.1, 0.15) is 5.75 Å². The van der Waals surface area contributed by atoms with Crippen LogP contribution in [0, 0.1) is 0 Å². The second-order valence-electron chi connectivity index (χ2n) is 5.00. The zero-order chi connectivity index (χ0) is 14.2. The lowest BCUT2D eigenvalue weighted by Crippen LogP contribution is -2.18. The van der Waals surface area contributed by atoms with Crippen molar-refractivity contribution in [1.82, 2.24) is 0 Å². The number of nitrogens with two attached hydrogens (primary N) is 1. The molecule has 2 N–H and O–H groups in total. The molecule has 0 amide bonds. The Kier molecular flexibility index (Phi) is 6.50. The van der Waals surface area contributed by atoms with E-state index in [1.54, 1.807) is 0 Å². The summed E-state index contributed by atoms with van der Waals surface area (Å²) in [6, 6.07) is 7.78. The quantitative estimate of drug-likeness (QED) is 0.744. The molecule has 0 saturated carbocycles. The number of rotatable bonds is 8. The molecular formula is C15H23NO3S. The van der Waals surface area contributed by atoms with Crippen LogP contribution in [-0.2, 0) is 22.1 Å². The maximum Gasteiger partial charge on any atom is 0.119 e. The molecule has 1 fully saturated rings. The summed E-state index contributed by atoms with van der Waals surface area (Å²) in [6.07, 6.45) is 3.15. The van der Waals surface area contributed by atoms with Crippen molar-refractivity contribution in [1.29, 1.82) is 0 Å². The number of benzene rings is 1. The molecule has 0 radical (unpaired) electrons. The Bertz CT molecular complexity index is 433. The van der Waals surface area contributed by atoms with Crippen LogP contribution in [0.5, 0.6) is 5.75 Å². The van der Waals surface area contributed by atoms with Gasteiger partial charge < -0.3 is 15.2 Å².